The molecule has 1 saturated carbocycles. The number of ketones is 1. The molecule has 8 nitrogen and oxygen atoms in total. The molecular formula is C22H23N5O3. The lowest BCUT2D eigenvalue weighted by Gasteiger charge is -2.21. The SMILES string of the molecule is N#C[C@@]1(C2CC2)CCN(c2ccnc(Nc3cc(C(=O)CCCO)ccn3)c2)C1=O. The van der Waals surface area contributed by atoms with E-state index in [9.17, 15) is 14.9 Å². The van der Waals surface area contributed by atoms with E-state index in [1.807, 2.05) is 0 Å². The Bertz CT molecular complexity index is 1010. The van der Waals surface area contributed by atoms with E-state index in [4.69, 9.17) is 5.11 Å². The van der Waals surface area contributed by atoms with Gasteiger partial charge in [0.15, 0.2) is 5.78 Å². The summed E-state index contributed by atoms with van der Waals surface area (Å²) in [5.74, 6) is 0.945. The van der Waals surface area contributed by atoms with E-state index in [-0.39, 0.29) is 30.6 Å². The molecule has 0 radical (unpaired) electrons. The van der Waals surface area contributed by atoms with Crippen molar-refractivity contribution >= 4 is 29.0 Å². The molecule has 0 aromatic carbocycles. The van der Waals surface area contributed by atoms with Gasteiger partial charge in [0.25, 0.3) is 0 Å². The van der Waals surface area contributed by atoms with E-state index in [1.165, 1.54) is 0 Å². The van der Waals surface area contributed by atoms with Gasteiger partial charge in [-0.25, -0.2) is 9.97 Å². The number of hydrogen-bond donors (Lipinski definition) is 2. The monoisotopic (exact) mass is 405 g/mol. The Morgan fingerprint density at radius 3 is 2.70 bits per heavy atom. The fourth-order valence-electron chi connectivity index (χ4n) is 3.98. The highest BCUT2D eigenvalue weighted by molar-refractivity contribution is 6.02. The number of carbonyl (C=O) groups excluding carboxylic acids is 2. The van der Waals surface area contributed by atoms with Crippen molar-refractivity contribution in [2.45, 2.75) is 32.1 Å². The Labute approximate surface area is 174 Å². The van der Waals surface area contributed by atoms with Gasteiger partial charge in [-0.05, 0) is 49.8 Å². The maximum absolute atomic E-state index is 13.0. The van der Waals surface area contributed by atoms with E-state index in [0.29, 0.717) is 42.3 Å². The number of aliphatic hydroxyl groups is 1. The third-order valence-corrected chi connectivity index (χ3v) is 5.79. The van der Waals surface area contributed by atoms with Gasteiger partial charge < -0.3 is 15.3 Å². The predicted molar refractivity (Wildman–Crippen MR) is 110 cm³/mol. The molecule has 1 atom stereocenters. The average molecular weight is 405 g/mol. The maximum atomic E-state index is 13.0. The van der Waals surface area contributed by atoms with Crippen LogP contribution in [-0.4, -0.2) is 39.9 Å². The summed E-state index contributed by atoms with van der Waals surface area (Å²) >= 11 is 0. The number of carbonyl (C=O) groups is 2. The number of amides is 1. The molecule has 8 heteroatoms. The molecular weight excluding hydrogens is 382 g/mol. The highest BCUT2D eigenvalue weighted by Gasteiger charge is 2.56. The molecule has 2 N–H and O–H groups in total. The molecule has 2 aromatic rings. The zero-order valence-corrected chi connectivity index (χ0v) is 16.5. The highest BCUT2D eigenvalue weighted by atomic mass is 16.3. The van der Waals surface area contributed by atoms with Crippen molar-refractivity contribution in [1.29, 1.82) is 5.26 Å². The van der Waals surface area contributed by atoms with Crippen LogP contribution in [0, 0.1) is 22.7 Å². The van der Waals surface area contributed by atoms with Gasteiger partial charge in [-0.15, -0.1) is 0 Å². The summed E-state index contributed by atoms with van der Waals surface area (Å²) in [5.41, 5.74) is 0.308. The summed E-state index contributed by atoms with van der Waals surface area (Å²) in [5, 5.41) is 21.6. The minimum atomic E-state index is -0.887. The van der Waals surface area contributed by atoms with Gasteiger partial charge in [-0.1, -0.05) is 0 Å². The van der Waals surface area contributed by atoms with Crippen LogP contribution < -0.4 is 10.2 Å². The first-order chi connectivity index (χ1) is 14.6. The van der Waals surface area contributed by atoms with Crippen LogP contribution in [0.5, 0.6) is 0 Å². The molecule has 2 fully saturated rings. The van der Waals surface area contributed by atoms with Crippen LogP contribution >= 0.6 is 0 Å². The minimum absolute atomic E-state index is 0.0261. The molecule has 4 rings (SSSR count). The van der Waals surface area contributed by atoms with Crippen molar-refractivity contribution in [3.05, 3.63) is 42.2 Å². The van der Waals surface area contributed by atoms with Crippen molar-refractivity contribution < 1.29 is 14.7 Å². The van der Waals surface area contributed by atoms with E-state index in [1.54, 1.807) is 41.6 Å². The first-order valence-corrected chi connectivity index (χ1v) is 10.1. The molecule has 1 amide bonds. The highest BCUT2D eigenvalue weighted by Crippen LogP contribution is 2.51. The van der Waals surface area contributed by atoms with Crippen LogP contribution in [0.15, 0.2) is 36.7 Å². The van der Waals surface area contributed by atoms with Crippen LogP contribution in [0.25, 0.3) is 0 Å². The molecule has 2 aromatic heterocycles. The van der Waals surface area contributed by atoms with E-state index in [0.717, 1.165) is 12.8 Å². The Hall–Kier alpha value is -3.31. The summed E-state index contributed by atoms with van der Waals surface area (Å²) in [6, 6.07) is 9.08. The summed E-state index contributed by atoms with van der Waals surface area (Å²) in [6.45, 7) is 0.487. The van der Waals surface area contributed by atoms with Crippen LogP contribution in [-0.2, 0) is 4.79 Å². The second kappa shape index (κ2) is 8.20. The number of hydrogen-bond acceptors (Lipinski definition) is 7. The van der Waals surface area contributed by atoms with Crippen molar-refractivity contribution in [1.82, 2.24) is 9.97 Å². The van der Waals surface area contributed by atoms with E-state index in [2.05, 4.69) is 21.4 Å². The number of nitrogens with zero attached hydrogens (tertiary/aromatic N) is 4. The topological polar surface area (TPSA) is 119 Å². The van der Waals surface area contributed by atoms with E-state index < -0.39 is 5.41 Å². The normalized spacial score (nSPS) is 20.8. The molecule has 30 heavy (non-hydrogen) atoms. The quantitative estimate of drug-likeness (QED) is 0.648. The summed E-state index contributed by atoms with van der Waals surface area (Å²) < 4.78 is 0. The molecule has 1 aliphatic heterocycles. The lowest BCUT2D eigenvalue weighted by Crippen LogP contribution is -2.35. The fourth-order valence-corrected chi connectivity index (χ4v) is 3.98. The largest absolute Gasteiger partial charge is 0.396 e. The fraction of sp³-hybridized carbons (Fsp3) is 0.409. The smallest absolute Gasteiger partial charge is 0.247 e. The van der Waals surface area contributed by atoms with Gasteiger partial charge in [0.1, 0.15) is 17.1 Å². The van der Waals surface area contributed by atoms with Gasteiger partial charge in [-0.2, -0.15) is 5.26 Å². The Morgan fingerprint density at radius 2 is 2.00 bits per heavy atom. The minimum Gasteiger partial charge on any atom is -0.396 e. The number of aliphatic hydroxyl groups excluding tert-OH is 1. The molecule has 0 unspecified atom stereocenters. The molecule has 0 spiro atoms. The third-order valence-electron chi connectivity index (χ3n) is 5.79. The number of pyridine rings is 2. The molecule has 3 heterocycles. The Balaban J connectivity index is 1.50. The van der Waals surface area contributed by atoms with Crippen molar-refractivity contribution in [3.8, 4) is 6.07 Å². The number of aromatic nitrogens is 2. The zero-order valence-electron chi connectivity index (χ0n) is 16.5. The number of Topliss-reactive ketones (excluding diaryl/α,β-unsaturated/α-hetero) is 1. The standard InChI is InChI=1S/C22H23N5O3/c23-14-22(16-3-4-16)7-10-27(21(22)30)17-6-9-25-20(13-17)26-19-12-15(5-8-24-19)18(29)2-1-11-28/h5-6,8-9,12-13,16,28H,1-4,7,10-11H2,(H,24,25,26)/t22-/m1/s1. The van der Waals surface area contributed by atoms with Gasteiger partial charge in [0.2, 0.25) is 5.91 Å². The summed E-state index contributed by atoms with van der Waals surface area (Å²) in [4.78, 5) is 35.4. The summed E-state index contributed by atoms with van der Waals surface area (Å²) in [6.07, 6.45) is 6.26. The Kier molecular flexibility index (Phi) is 5.46. The molecule has 154 valence electrons. The molecule has 1 saturated heterocycles. The van der Waals surface area contributed by atoms with Crippen molar-refractivity contribution in [2.24, 2.45) is 11.3 Å². The second-order valence-corrected chi connectivity index (χ2v) is 7.77. The number of nitriles is 1. The number of rotatable bonds is 8. The number of nitrogens with one attached hydrogen (secondary N) is 1. The first-order valence-electron chi connectivity index (χ1n) is 10.1. The van der Waals surface area contributed by atoms with Crippen molar-refractivity contribution in [3.63, 3.8) is 0 Å². The van der Waals surface area contributed by atoms with Gasteiger partial charge in [0, 0.05) is 49.3 Å². The van der Waals surface area contributed by atoms with Gasteiger partial charge in [-0.3, -0.25) is 9.59 Å². The molecule has 1 aliphatic carbocycles. The van der Waals surface area contributed by atoms with Crippen LogP contribution in [0.3, 0.4) is 0 Å². The van der Waals surface area contributed by atoms with Gasteiger partial charge in [0.05, 0.1) is 6.07 Å². The van der Waals surface area contributed by atoms with E-state index >= 15 is 0 Å². The van der Waals surface area contributed by atoms with Crippen molar-refractivity contribution in [2.75, 3.05) is 23.4 Å². The Morgan fingerprint density at radius 1 is 1.27 bits per heavy atom. The first kappa shape index (κ1) is 20.0. The predicted octanol–water partition coefficient (Wildman–Crippen LogP) is 2.83. The summed E-state index contributed by atoms with van der Waals surface area (Å²) in [7, 11) is 0. The lowest BCUT2D eigenvalue weighted by molar-refractivity contribution is -0.123. The molecule has 2 aliphatic rings. The zero-order chi connectivity index (χ0) is 21.1. The average Bonchev–Trinajstić information content (AvgIpc) is 3.56. The van der Waals surface area contributed by atoms with Crippen LogP contribution in [0.4, 0.5) is 17.3 Å². The number of anilines is 3. The second-order valence-electron chi connectivity index (χ2n) is 7.77. The third kappa shape index (κ3) is 3.76. The maximum Gasteiger partial charge on any atom is 0.247 e. The van der Waals surface area contributed by atoms with Gasteiger partial charge >= 0.3 is 0 Å². The van der Waals surface area contributed by atoms with Crippen LogP contribution in [0.1, 0.15) is 42.5 Å². The lowest BCUT2D eigenvalue weighted by atomic mass is 9.83. The molecule has 0 bridgehead atoms. The van der Waals surface area contributed by atoms with Crippen LogP contribution in [0.2, 0.25) is 0 Å².